The molecule has 8 nitrogen and oxygen atoms in total. The van der Waals surface area contributed by atoms with Gasteiger partial charge < -0.3 is 14.6 Å². The number of anilines is 1. The van der Waals surface area contributed by atoms with Gasteiger partial charge in [0.05, 0.1) is 29.1 Å². The van der Waals surface area contributed by atoms with Gasteiger partial charge in [0.1, 0.15) is 0 Å². The van der Waals surface area contributed by atoms with E-state index < -0.39 is 17.8 Å². The molecular formula is C27H32F3N5O3. The van der Waals surface area contributed by atoms with Crippen LogP contribution < -0.4 is 16.4 Å². The van der Waals surface area contributed by atoms with Gasteiger partial charge in [0.2, 0.25) is 0 Å². The van der Waals surface area contributed by atoms with E-state index in [1.165, 1.54) is 23.7 Å². The fraction of sp³-hybridized carbons (Fsp3) is 0.519. The van der Waals surface area contributed by atoms with E-state index in [0.29, 0.717) is 29.9 Å². The topological polar surface area (TPSA) is 81.4 Å². The number of rotatable bonds is 8. The summed E-state index contributed by atoms with van der Waals surface area (Å²) in [5, 5.41) is 8.56. The Morgan fingerprint density at radius 1 is 1.18 bits per heavy atom. The standard InChI is InChI=1S/C27H32F3N5O3/c1-16-19(6-5-7-22(16)27(28,29)30)17(2)31-24-21-13-34(18-8-9-18)23(36)12-20(21)25(37)35(32-24)11-10-33-14-26(3,15-33)38-4/h5-7,12-13,17-18H,8-11,14-15H2,1-4H3,(H,31,32). The van der Waals surface area contributed by atoms with Crippen molar-refractivity contribution in [3.05, 3.63) is 67.9 Å². The molecule has 0 amide bonds. The summed E-state index contributed by atoms with van der Waals surface area (Å²) >= 11 is 0. The molecule has 11 heteroatoms. The van der Waals surface area contributed by atoms with Crippen LogP contribution in [0.15, 0.2) is 40.1 Å². The summed E-state index contributed by atoms with van der Waals surface area (Å²) < 4.78 is 49.0. The van der Waals surface area contributed by atoms with Gasteiger partial charge in [-0.2, -0.15) is 18.3 Å². The first-order chi connectivity index (χ1) is 17.9. The van der Waals surface area contributed by atoms with Gasteiger partial charge in [-0.25, -0.2) is 4.68 Å². The Bertz CT molecular complexity index is 1490. The zero-order valence-corrected chi connectivity index (χ0v) is 21.9. The zero-order chi connectivity index (χ0) is 27.4. The van der Waals surface area contributed by atoms with Gasteiger partial charge in [-0.1, -0.05) is 12.1 Å². The Kier molecular flexibility index (Phi) is 6.63. The molecule has 204 valence electrons. The molecule has 2 fully saturated rings. The number of halogens is 3. The fourth-order valence-electron chi connectivity index (χ4n) is 5.30. The van der Waals surface area contributed by atoms with E-state index in [1.807, 2.05) is 6.92 Å². The maximum absolute atomic E-state index is 13.5. The van der Waals surface area contributed by atoms with Crippen LogP contribution in [0.3, 0.4) is 0 Å². The monoisotopic (exact) mass is 531 g/mol. The first-order valence-electron chi connectivity index (χ1n) is 12.8. The average Bonchev–Trinajstić information content (AvgIpc) is 3.68. The third-order valence-electron chi connectivity index (χ3n) is 7.70. The van der Waals surface area contributed by atoms with Gasteiger partial charge in [0, 0.05) is 50.4 Å². The molecule has 1 atom stereocenters. The molecule has 0 bridgehead atoms. The lowest BCUT2D eigenvalue weighted by molar-refractivity contribution is -0.138. The Hall–Kier alpha value is -3.18. The van der Waals surface area contributed by atoms with Crippen LogP contribution in [0.1, 0.15) is 55.5 Å². The van der Waals surface area contributed by atoms with Gasteiger partial charge in [0.25, 0.3) is 11.1 Å². The largest absolute Gasteiger partial charge is 0.416 e. The second-order valence-corrected chi connectivity index (χ2v) is 10.7. The maximum atomic E-state index is 13.5. The van der Waals surface area contributed by atoms with Gasteiger partial charge >= 0.3 is 6.18 Å². The molecule has 3 heterocycles. The molecular weight excluding hydrogens is 499 g/mol. The number of fused-ring (bicyclic) bond motifs is 1. The highest BCUT2D eigenvalue weighted by atomic mass is 19.4. The van der Waals surface area contributed by atoms with Crippen molar-refractivity contribution in [1.29, 1.82) is 0 Å². The van der Waals surface area contributed by atoms with Gasteiger partial charge in [-0.05, 0) is 50.8 Å². The Morgan fingerprint density at radius 3 is 2.53 bits per heavy atom. The third kappa shape index (κ3) is 4.96. The first kappa shape index (κ1) is 26.4. The molecule has 2 aromatic heterocycles. The summed E-state index contributed by atoms with van der Waals surface area (Å²) in [4.78, 5) is 28.3. The van der Waals surface area contributed by atoms with E-state index in [1.54, 1.807) is 30.9 Å². The quantitative estimate of drug-likeness (QED) is 0.471. The minimum atomic E-state index is -4.46. The normalized spacial score (nSPS) is 18.4. The molecule has 1 saturated heterocycles. The van der Waals surface area contributed by atoms with Gasteiger partial charge in [-0.15, -0.1) is 0 Å². The molecule has 0 radical (unpaired) electrons. The number of likely N-dealkylation sites (tertiary alicyclic amines) is 1. The second kappa shape index (κ2) is 9.53. The summed E-state index contributed by atoms with van der Waals surface area (Å²) in [6.07, 6.45) is -1.04. The fourth-order valence-corrected chi connectivity index (χ4v) is 5.30. The number of hydrogen-bond donors (Lipinski definition) is 1. The molecule has 3 aromatic rings. The van der Waals surface area contributed by atoms with Crippen molar-refractivity contribution in [2.24, 2.45) is 0 Å². The molecule has 1 saturated carbocycles. The number of nitrogens with zero attached hydrogens (tertiary/aromatic N) is 4. The van der Waals surface area contributed by atoms with E-state index in [-0.39, 0.29) is 33.7 Å². The van der Waals surface area contributed by atoms with E-state index in [2.05, 4.69) is 15.3 Å². The summed E-state index contributed by atoms with van der Waals surface area (Å²) in [7, 11) is 1.67. The average molecular weight is 532 g/mol. The molecule has 38 heavy (non-hydrogen) atoms. The van der Waals surface area contributed by atoms with Crippen molar-refractivity contribution in [2.45, 2.75) is 64.0 Å². The van der Waals surface area contributed by atoms with Crippen LogP contribution in [-0.4, -0.2) is 51.6 Å². The number of methoxy groups -OCH3 is 1. The highest BCUT2D eigenvalue weighted by Gasteiger charge is 2.38. The highest BCUT2D eigenvalue weighted by molar-refractivity contribution is 5.90. The van der Waals surface area contributed by atoms with Crippen LogP contribution in [0.25, 0.3) is 10.8 Å². The van der Waals surface area contributed by atoms with Crippen molar-refractivity contribution in [2.75, 3.05) is 32.1 Å². The molecule has 0 spiro atoms. The SMILES string of the molecule is COC1(C)CN(CCn2nc(NC(C)c3cccc(C(F)(F)F)c3C)c3cn(C4CC4)c(=O)cc3c2=O)C1. The zero-order valence-electron chi connectivity index (χ0n) is 21.9. The minimum absolute atomic E-state index is 0.0897. The smallest absolute Gasteiger partial charge is 0.376 e. The molecule has 1 aromatic carbocycles. The number of nitrogens with one attached hydrogen (secondary N) is 1. The number of pyridine rings is 1. The second-order valence-electron chi connectivity index (χ2n) is 10.7. The molecule has 1 aliphatic carbocycles. The molecule has 1 aliphatic heterocycles. The van der Waals surface area contributed by atoms with Crippen LogP contribution in [0.2, 0.25) is 0 Å². The summed E-state index contributed by atoms with van der Waals surface area (Å²) in [6.45, 7) is 7.56. The predicted molar refractivity (Wildman–Crippen MR) is 139 cm³/mol. The van der Waals surface area contributed by atoms with E-state index >= 15 is 0 Å². The van der Waals surface area contributed by atoms with Crippen molar-refractivity contribution in [1.82, 2.24) is 19.2 Å². The van der Waals surface area contributed by atoms with Gasteiger partial charge in [0.15, 0.2) is 5.82 Å². The maximum Gasteiger partial charge on any atom is 0.416 e. The highest BCUT2D eigenvalue weighted by Crippen LogP contribution is 2.36. The lowest BCUT2D eigenvalue weighted by Gasteiger charge is -2.46. The number of hydrogen-bond acceptors (Lipinski definition) is 6. The molecule has 1 unspecified atom stereocenters. The lowest BCUT2D eigenvalue weighted by atomic mass is 9.97. The summed E-state index contributed by atoms with van der Waals surface area (Å²) in [5.41, 5.74) is -0.911. The Labute approximate surface area is 218 Å². The molecule has 1 N–H and O–H groups in total. The predicted octanol–water partition coefficient (Wildman–Crippen LogP) is 4.11. The Balaban J connectivity index is 1.52. The van der Waals surface area contributed by atoms with Crippen molar-refractivity contribution in [3.8, 4) is 0 Å². The van der Waals surface area contributed by atoms with Crippen molar-refractivity contribution in [3.63, 3.8) is 0 Å². The minimum Gasteiger partial charge on any atom is -0.376 e. The number of aromatic nitrogens is 3. The van der Waals surface area contributed by atoms with Crippen LogP contribution in [-0.2, 0) is 17.5 Å². The number of alkyl halides is 3. The van der Waals surface area contributed by atoms with Gasteiger partial charge in [-0.3, -0.25) is 14.5 Å². The number of benzene rings is 1. The lowest BCUT2D eigenvalue weighted by Crippen LogP contribution is -2.61. The van der Waals surface area contributed by atoms with Crippen LogP contribution in [0, 0.1) is 6.92 Å². The summed E-state index contributed by atoms with van der Waals surface area (Å²) in [6, 6.07) is 5.01. The van der Waals surface area contributed by atoms with E-state index in [9.17, 15) is 22.8 Å². The molecule has 2 aliphatic rings. The van der Waals surface area contributed by atoms with Crippen LogP contribution in [0.5, 0.6) is 0 Å². The van der Waals surface area contributed by atoms with Crippen molar-refractivity contribution < 1.29 is 17.9 Å². The van der Waals surface area contributed by atoms with Crippen molar-refractivity contribution >= 4 is 16.6 Å². The van der Waals surface area contributed by atoms with E-state index in [4.69, 9.17) is 4.74 Å². The Morgan fingerprint density at radius 2 is 1.89 bits per heavy atom. The summed E-state index contributed by atoms with van der Waals surface area (Å²) in [5.74, 6) is 0.351. The number of ether oxygens (including phenoxy) is 1. The van der Waals surface area contributed by atoms with Crippen LogP contribution in [0.4, 0.5) is 19.0 Å². The molecule has 5 rings (SSSR count). The van der Waals surface area contributed by atoms with Crippen LogP contribution >= 0.6 is 0 Å². The first-order valence-corrected chi connectivity index (χ1v) is 12.8. The van der Waals surface area contributed by atoms with E-state index in [0.717, 1.165) is 32.0 Å². The third-order valence-corrected chi connectivity index (χ3v) is 7.70.